The third-order valence-electron chi connectivity index (χ3n) is 7.28. The van der Waals surface area contributed by atoms with Crippen molar-refractivity contribution in [1.82, 2.24) is 29.1 Å². The van der Waals surface area contributed by atoms with Crippen LogP contribution >= 0.6 is 0 Å². The van der Waals surface area contributed by atoms with E-state index in [1.54, 1.807) is 16.9 Å². The summed E-state index contributed by atoms with van der Waals surface area (Å²) < 4.78 is 5.43. The second-order valence-corrected chi connectivity index (χ2v) is 10.4. The van der Waals surface area contributed by atoms with Gasteiger partial charge in [0.25, 0.3) is 5.91 Å². The van der Waals surface area contributed by atoms with Gasteiger partial charge in [0.2, 0.25) is 5.95 Å². The molecule has 0 aliphatic carbocycles. The van der Waals surface area contributed by atoms with Crippen LogP contribution in [0.2, 0.25) is 0 Å². The van der Waals surface area contributed by atoms with Gasteiger partial charge in [0.05, 0.1) is 23.6 Å². The van der Waals surface area contributed by atoms with E-state index in [9.17, 15) is 9.59 Å². The van der Waals surface area contributed by atoms with Crippen molar-refractivity contribution in [1.29, 1.82) is 0 Å². The van der Waals surface area contributed by atoms with Crippen LogP contribution in [0.3, 0.4) is 0 Å². The molecule has 3 aromatic carbocycles. The molecule has 9 heteroatoms. The Hall–Kier alpha value is -5.31. The molecule has 0 atom stereocenters. The number of aromatic nitrogens is 6. The predicted octanol–water partition coefficient (Wildman–Crippen LogP) is 5.55. The Kier molecular flexibility index (Phi) is 7.47. The maximum atomic E-state index is 13.3. The first-order valence-electron chi connectivity index (χ1n) is 13.9. The molecule has 0 fully saturated rings. The zero-order valence-electron chi connectivity index (χ0n) is 23.6. The van der Waals surface area contributed by atoms with Crippen LogP contribution in [-0.4, -0.2) is 40.8 Å². The Morgan fingerprint density at radius 1 is 0.857 bits per heavy atom. The van der Waals surface area contributed by atoms with Crippen molar-refractivity contribution in [2.45, 2.75) is 25.7 Å². The van der Waals surface area contributed by atoms with E-state index in [1.807, 2.05) is 109 Å². The van der Waals surface area contributed by atoms with Crippen LogP contribution in [0.1, 0.15) is 34.5 Å². The summed E-state index contributed by atoms with van der Waals surface area (Å²) in [6.45, 7) is 0. The van der Waals surface area contributed by atoms with Crippen LogP contribution < -0.4 is 5.32 Å². The second-order valence-electron chi connectivity index (χ2n) is 10.4. The molecule has 0 aliphatic rings. The average molecular weight is 558 g/mol. The van der Waals surface area contributed by atoms with Gasteiger partial charge >= 0.3 is 0 Å². The summed E-state index contributed by atoms with van der Waals surface area (Å²) in [7, 11) is 3.77. The predicted molar refractivity (Wildman–Crippen MR) is 163 cm³/mol. The smallest absolute Gasteiger partial charge is 0.258 e. The number of carbonyl (C=O) groups excluding carboxylic acids is 2. The summed E-state index contributed by atoms with van der Waals surface area (Å²) in [5.41, 5.74) is 6.10. The van der Waals surface area contributed by atoms with Gasteiger partial charge in [-0.2, -0.15) is 10.2 Å². The molecule has 1 N–H and O–H groups in total. The number of imidazole rings is 1. The van der Waals surface area contributed by atoms with Crippen LogP contribution in [0.15, 0.2) is 97.6 Å². The fraction of sp³-hybridized carbons (Fsp3) is 0.182. The maximum absolute atomic E-state index is 13.3. The van der Waals surface area contributed by atoms with Crippen molar-refractivity contribution in [3.63, 3.8) is 0 Å². The maximum Gasteiger partial charge on any atom is 0.258 e. The number of fused-ring (bicyclic) bond motifs is 1. The molecule has 0 radical (unpaired) electrons. The number of anilines is 1. The van der Waals surface area contributed by atoms with Gasteiger partial charge in [0, 0.05) is 61.5 Å². The molecule has 6 aromatic rings. The fourth-order valence-corrected chi connectivity index (χ4v) is 5.11. The largest absolute Gasteiger partial charge is 0.299 e. The number of Topliss-reactive ketones (excluding diaryl/α,β-unsaturated/α-hetero) is 1. The van der Waals surface area contributed by atoms with Gasteiger partial charge in [-0.1, -0.05) is 36.4 Å². The van der Waals surface area contributed by atoms with Gasteiger partial charge < -0.3 is 0 Å². The van der Waals surface area contributed by atoms with Crippen molar-refractivity contribution in [2.24, 2.45) is 14.1 Å². The molecule has 210 valence electrons. The van der Waals surface area contributed by atoms with E-state index in [2.05, 4.69) is 15.5 Å². The Balaban J connectivity index is 1.14. The Morgan fingerprint density at radius 2 is 1.71 bits per heavy atom. The highest BCUT2D eigenvalue weighted by atomic mass is 16.1. The zero-order chi connectivity index (χ0) is 29.1. The lowest BCUT2D eigenvalue weighted by atomic mass is 10.0. The third kappa shape index (κ3) is 5.90. The number of hydrogen-bond acceptors (Lipinski definition) is 5. The van der Waals surface area contributed by atoms with Crippen molar-refractivity contribution in [2.75, 3.05) is 5.32 Å². The number of nitrogens with one attached hydrogen (secondary N) is 1. The molecule has 42 heavy (non-hydrogen) atoms. The molecule has 9 nitrogen and oxygen atoms in total. The fourth-order valence-electron chi connectivity index (χ4n) is 5.11. The van der Waals surface area contributed by atoms with E-state index in [-0.39, 0.29) is 11.7 Å². The first kappa shape index (κ1) is 26.9. The van der Waals surface area contributed by atoms with E-state index >= 15 is 0 Å². The van der Waals surface area contributed by atoms with Gasteiger partial charge in [-0.3, -0.25) is 28.8 Å². The minimum atomic E-state index is -0.254. The van der Waals surface area contributed by atoms with Gasteiger partial charge in [0.15, 0.2) is 0 Å². The molecule has 0 unspecified atom stereocenters. The number of amides is 1. The number of para-hydroxylation sites is 1. The van der Waals surface area contributed by atoms with Gasteiger partial charge in [-0.25, -0.2) is 4.98 Å². The molecule has 3 heterocycles. The highest BCUT2D eigenvalue weighted by Crippen LogP contribution is 2.22. The van der Waals surface area contributed by atoms with Crippen molar-refractivity contribution < 1.29 is 9.59 Å². The molecule has 0 spiro atoms. The van der Waals surface area contributed by atoms with E-state index in [0.29, 0.717) is 37.2 Å². The first-order chi connectivity index (χ1) is 20.4. The van der Waals surface area contributed by atoms with E-state index in [1.165, 1.54) is 0 Å². The number of carbonyl (C=O) groups is 2. The Labute approximate surface area is 243 Å². The SMILES string of the molecule is Cn1cc(-c2cccc(C(=O)Nc3nc(CCCC(=O)Cc4ccc5c(cnn5C)c4)cn3-c3ccccc3)c2)cn1. The standard InChI is InChI=1S/C33H31N7O2/c1-38-21-27(20-34-38)24-8-6-9-25(18-24)32(42)37-33-36-28(22-40(33)29-11-4-3-5-12-29)10-7-13-30(41)17-23-14-15-31-26(16-23)19-35-39(31)2/h3-6,8-9,11-12,14-16,18-22H,7,10,13,17H2,1-2H3,(H,36,37,42). The van der Waals surface area contributed by atoms with Gasteiger partial charge in [0.1, 0.15) is 5.78 Å². The minimum Gasteiger partial charge on any atom is -0.299 e. The van der Waals surface area contributed by atoms with E-state index < -0.39 is 0 Å². The lowest BCUT2D eigenvalue weighted by Crippen LogP contribution is -2.15. The first-order valence-corrected chi connectivity index (χ1v) is 13.9. The molecule has 3 aromatic heterocycles. The quantitative estimate of drug-likeness (QED) is 0.238. The topological polar surface area (TPSA) is 99.6 Å². The van der Waals surface area contributed by atoms with Crippen LogP contribution in [-0.2, 0) is 31.7 Å². The number of rotatable bonds is 10. The highest BCUT2D eigenvalue weighted by molar-refractivity contribution is 6.04. The van der Waals surface area contributed by atoms with Crippen molar-refractivity contribution in [3.8, 4) is 16.8 Å². The van der Waals surface area contributed by atoms with Crippen LogP contribution in [0.25, 0.3) is 27.7 Å². The van der Waals surface area contributed by atoms with Crippen LogP contribution in [0.5, 0.6) is 0 Å². The number of aryl methyl sites for hydroxylation is 3. The molecule has 0 saturated heterocycles. The minimum absolute atomic E-state index is 0.183. The van der Waals surface area contributed by atoms with Crippen molar-refractivity contribution >= 4 is 28.5 Å². The average Bonchev–Trinajstić information content (AvgIpc) is 3.72. The van der Waals surface area contributed by atoms with Gasteiger partial charge in [-0.15, -0.1) is 0 Å². The summed E-state index contributed by atoms with van der Waals surface area (Å²) in [6.07, 6.45) is 9.56. The van der Waals surface area contributed by atoms with Gasteiger partial charge in [-0.05, 0) is 60.4 Å². The number of ketones is 1. The van der Waals surface area contributed by atoms with E-state index in [4.69, 9.17) is 4.98 Å². The Bertz CT molecular complexity index is 1880. The molecular formula is C33H31N7O2. The number of hydrogen-bond donors (Lipinski definition) is 1. The molecule has 0 saturated carbocycles. The normalized spacial score (nSPS) is 11.2. The second kappa shape index (κ2) is 11.7. The van der Waals surface area contributed by atoms with Crippen molar-refractivity contribution in [3.05, 3.63) is 114 Å². The summed E-state index contributed by atoms with van der Waals surface area (Å²) in [4.78, 5) is 30.8. The summed E-state index contributed by atoms with van der Waals surface area (Å²) in [6, 6.07) is 23.2. The summed E-state index contributed by atoms with van der Waals surface area (Å²) in [5.74, 6) is 0.364. The molecule has 6 rings (SSSR count). The molecule has 1 amide bonds. The monoisotopic (exact) mass is 557 g/mol. The van der Waals surface area contributed by atoms with Crippen LogP contribution in [0.4, 0.5) is 5.95 Å². The summed E-state index contributed by atoms with van der Waals surface area (Å²) in [5, 5.41) is 12.5. The van der Waals surface area contributed by atoms with E-state index in [0.717, 1.165) is 39.0 Å². The lowest BCUT2D eigenvalue weighted by molar-refractivity contribution is -0.118. The summed E-state index contributed by atoms with van der Waals surface area (Å²) >= 11 is 0. The molecular weight excluding hydrogens is 526 g/mol. The molecule has 0 aliphatic heterocycles. The zero-order valence-corrected chi connectivity index (χ0v) is 23.6. The highest BCUT2D eigenvalue weighted by Gasteiger charge is 2.16. The Morgan fingerprint density at radius 3 is 2.52 bits per heavy atom. The number of benzene rings is 3. The van der Waals surface area contributed by atoms with Crippen LogP contribution in [0, 0.1) is 0 Å². The molecule has 0 bridgehead atoms. The lowest BCUT2D eigenvalue weighted by Gasteiger charge is -2.09. The number of nitrogens with zero attached hydrogens (tertiary/aromatic N) is 6. The third-order valence-corrected chi connectivity index (χ3v) is 7.28.